The molecule has 2 heterocycles. The summed E-state index contributed by atoms with van der Waals surface area (Å²) in [7, 11) is 0. The fraction of sp³-hybridized carbons (Fsp3) is 0.333. The number of aliphatic hydroxyl groups excluding tert-OH is 1. The molecule has 2 aromatic rings. The molecular weight excluding hydrogens is 290 g/mol. The van der Waals surface area contributed by atoms with Crippen LogP contribution in [0.2, 0.25) is 0 Å². The van der Waals surface area contributed by atoms with Crippen molar-refractivity contribution in [3.05, 3.63) is 65.5 Å². The number of aromatic nitrogens is 1. The predicted molar refractivity (Wildman–Crippen MR) is 88.0 cm³/mol. The molecular formula is C18H21N3O2. The maximum atomic E-state index is 11.9. The summed E-state index contributed by atoms with van der Waals surface area (Å²) in [5.41, 5.74) is 3.27. The summed E-state index contributed by atoms with van der Waals surface area (Å²) >= 11 is 0. The molecule has 2 N–H and O–H groups in total. The lowest BCUT2D eigenvalue weighted by molar-refractivity contribution is 0.0842. The van der Waals surface area contributed by atoms with Crippen molar-refractivity contribution < 1.29 is 9.90 Å². The van der Waals surface area contributed by atoms with Gasteiger partial charge >= 0.3 is 0 Å². The number of benzene rings is 1. The van der Waals surface area contributed by atoms with E-state index in [1.165, 1.54) is 11.1 Å². The van der Waals surface area contributed by atoms with Gasteiger partial charge in [-0.1, -0.05) is 24.3 Å². The Balaban J connectivity index is 1.47. The van der Waals surface area contributed by atoms with Gasteiger partial charge in [-0.15, -0.1) is 0 Å². The zero-order chi connectivity index (χ0) is 16.1. The molecule has 3 rings (SSSR count). The van der Waals surface area contributed by atoms with Gasteiger partial charge in [0.1, 0.15) is 0 Å². The van der Waals surface area contributed by atoms with Gasteiger partial charge in [-0.2, -0.15) is 0 Å². The first-order chi connectivity index (χ1) is 11.2. The topological polar surface area (TPSA) is 65.5 Å². The van der Waals surface area contributed by atoms with Gasteiger partial charge in [0.15, 0.2) is 0 Å². The zero-order valence-corrected chi connectivity index (χ0v) is 13.0. The third-order valence-corrected chi connectivity index (χ3v) is 4.12. The number of carbonyl (C=O) groups excluding carboxylic acids is 1. The standard InChI is InChI=1S/C18H21N3O2/c22-17(11-20-18(23)15-5-8-19-9-6-15)13-21-10-7-14-3-1-2-4-16(14)12-21/h1-6,8-9,17,22H,7,10-13H2,(H,20,23). The first kappa shape index (κ1) is 15.6. The minimum atomic E-state index is -0.578. The molecule has 1 amide bonds. The monoisotopic (exact) mass is 311 g/mol. The lowest BCUT2D eigenvalue weighted by atomic mass is 10.00. The summed E-state index contributed by atoms with van der Waals surface area (Å²) in [5.74, 6) is -0.185. The molecule has 0 spiro atoms. The molecule has 0 aliphatic carbocycles. The smallest absolute Gasteiger partial charge is 0.251 e. The van der Waals surface area contributed by atoms with E-state index in [1.807, 2.05) is 6.07 Å². The molecule has 5 heteroatoms. The van der Waals surface area contributed by atoms with Crippen molar-refractivity contribution in [1.82, 2.24) is 15.2 Å². The van der Waals surface area contributed by atoms with Gasteiger partial charge in [0.25, 0.3) is 5.91 Å². The van der Waals surface area contributed by atoms with Gasteiger partial charge < -0.3 is 10.4 Å². The Hall–Kier alpha value is -2.24. The SMILES string of the molecule is O=C(NCC(O)CN1CCc2ccccc2C1)c1ccncc1. The Morgan fingerprint density at radius 3 is 2.74 bits per heavy atom. The molecule has 0 radical (unpaired) electrons. The molecule has 120 valence electrons. The molecule has 0 saturated carbocycles. The van der Waals surface area contributed by atoms with Crippen LogP contribution in [0.25, 0.3) is 0 Å². The first-order valence-corrected chi connectivity index (χ1v) is 7.88. The highest BCUT2D eigenvalue weighted by Crippen LogP contribution is 2.18. The number of nitrogens with one attached hydrogen (secondary N) is 1. The van der Waals surface area contributed by atoms with E-state index in [0.29, 0.717) is 12.1 Å². The third-order valence-electron chi connectivity index (χ3n) is 4.12. The van der Waals surface area contributed by atoms with Crippen molar-refractivity contribution in [2.75, 3.05) is 19.6 Å². The fourth-order valence-electron chi connectivity index (χ4n) is 2.89. The number of nitrogens with zero attached hydrogens (tertiary/aromatic N) is 2. The van der Waals surface area contributed by atoms with E-state index >= 15 is 0 Å². The van der Waals surface area contributed by atoms with Crippen LogP contribution < -0.4 is 5.32 Å². The van der Waals surface area contributed by atoms with Crippen LogP contribution >= 0.6 is 0 Å². The quantitative estimate of drug-likeness (QED) is 0.872. The van der Waals surface area contributed by atoms with E-state index in [1.54, 1.807) is 24.5 Å². The molecule has 1 unspecified atom stereocenters. The first-order valence-electron chi connectivity index (χ1n) is 7.88. The normalized spacial score (nSPS) is 15.7. The molecule has 1 aromatic carbocycles. The van der Waals surface area contributed by atoms with Gasteiger partial charge in [0.05, 0.1) is 6.10 Å². The number of amides is 1. The summed E-state index contributed by atoms with van der Waals surface area (Å²) in [6.45, 7) is 2.60. The van der Waals surface area contributed by atoms with Crippen LogP contribution in [-0.2, 0) is 13.0 Å². The van der Waals surface area contributed by atoms with E-state index in [9.17, 15) is 9.90 Å². The maximum Gasteiger partial charge on any atom is 0.251 e. The van der Waals surface area contributed by atoms with Crippen LogP contribution in [0.3, 0.4) is 0 Å². The average molecular weight is 311 g/mol. The van der Waals surface area contributed by atoms with Crippen molar-refractivity contribution >= 4 is 5.91 Å². The molecule has 1 aliphatic heterocycles. The summed E-state index contributed by atoms with van der Waals surface area (Å²) in [5, 5.41) is 12.9. The second-order valence-corrected chi connectivity index (χ2v) is 5.85. The van der Waals surface area contributed by atoms with Crippen molar-refractivity contribution in [2.45, 2.75) is 19.1 Å². The van der Waals surface area contributed by atoms with E-state index in [4.69, 9.17) is 0 Å². The Bertz CT molecular complexity index is 660. The van der Waals surface area contributed by atoms with E-state index < -0.39 is 6.10 Å². The maximum absolute atomic E-state index is 11.9. The minimum absolute atomic E-state index is 0.185. The Morgan fingerprint density at radius 1 is 1.22 bits per heavy atom. The van der Waals surface area contributed by atoms with Gasteiger partial charge in [0.2, 0.25) is 0 Å². The predicted octanol–water partition coefficient (Wildman–Crippen LogP) is 1.23. The summed E-state index contributed by atoms with van der Waals surface area (Å²) in [6.07, 6.45) is 3.59. The number of hydrogen-bond acceptors (Lipinski definition) is 4. The highest BCUT2D eigenvalue weighted by molar-refractivity contribution is 5.93. The minimum Gasteiger partial charge on any atom is -0.390 e. The van der Waals surface area contributed by atoms with E-state index in [-0.39, 0.29) is 12.5 Å². The Morgan fingerprint density at radius 2 is 1.96 bits per heavy atom. The van der Waals surface area contributed by atoms with Gasteiger partial charge in [0, 0.05) is 44.1 Å². The number of aliphatic hydroxyl groups is 1. The number of pyridine rings is 1. The number of rotatable bonds is 5. The molecule has 1 atom stereocenters. The number of carbonyl (C=O) groups is 1. The van der Waals surface area contributed by atoms with Crippen LogP contribution in [0.1, 0.15) is 21.5 Å². The molecule has 0 bridgehead atoms. The molecule has 23 heavy (non-hydrogen) atoms. The Labute approximate surface area is 136 Å². The highest BCUT2D eigenvalue weighted by Gasteiger charge is 2.18. The van der Waals surface area contributed by atoms with E-state index in [2.05, 4.69) is 33.4 Å². The Kier molecular flexibility index (Phi) is 5.00. The van der Waals surface area contributed by atoms with Crippen molar-refractivity contribution in [1.29, 1.82) is 0 Å². The van der Waals surface area contributed by atoms with Crippen molar-refractivity contribution in [3.8, 4) is 0 Å². The fourth-order valence-corrected chi connectivity index (χ4v) is 2.89. The summed E-state index contributed by atoms with van der Waals surface area (Å²) in [4.78, 5) is 18.1. The summed E-state index contributed by atoms with van der Waals surface area (Å²) < 4.78 is 0. The number of fused-ring (bicyclic) bond motifs is 1. The van der Waals surface area contributed by atoms with Crippen LogP contribution in [0.4, 0.5) is 0 Å². The van der Waals surface area contributed by atoms with Gasteiger partial charge in [-0.3, -0.25) is 14.7 Å². The number of hydrogen-bond donors (Lipinski definition) is 2. The second-order valence-electron chi connectivity index (χ2n) is 5.85. The third kappa shape index (κ3) is 4.15. The van der Waals surface area contributed by atoms with Crippen LogP contribution in [0.15, 0.2) is 48.8 Å². The molecule has 0 fully saturated rings. The van der Waals surface area contributed by atoms with E-state index in [0.717, 1.165) is 19.5 Å². The van der Waals surface area contributed by atoms with Crippen molar-refractivity contribution in [2.24, 2.45) is 0 Å². The van der Waals surface area contributed by atoms with Crippen LogP contribution in [0, 0.1) is 0 Å². The molecule has 1 aromatic heterocycles. The van der Waals surface area contributed by atoms with Crippen LogP contribution in [-0.4, -0.2) is 46.6 Å². The van der Waals surface area contributed by atoms with Gasteiger partial charge in [-0.05, 0) is 29.7 Å². The van der Waals surface area contributed by atoms with Crippen molar-refractivity contribution in [3.63, 3.8) is 0 Å². The largest absolute Gasteiger partial charge is 0.390 e. The summed E-state index contributed by atoms with van der Waals surface area (Å²) in [6, 6.07) is 11.7. The molecule has 0 saturated heterocycles. The second kappa shape index (κ2) is 7.35. The zero-order valence-electron chi connectivity index (χ0n) is 13.0. The lowest BCUT2D eigenvalue weighted by Crippen LogP contribution is -2.42. The highest BCUT2D eigenvalue weighted by atomic mass is 16.3. The average Bonchev–Trinajstić information content (AvgIpc) is 2.60. The lowest BCUT2D eigenvalue weighted by Gasteiger charge is -2.30. The molecule has 5 nitrogen and oxygen atoms in total. The number of β-amino-alcohol motifs (C(OH)–C–C–N with tert-alkyl or cyclic N) is 1. The van der Waals surface area contributed by atoms with Gasteiger partial charge in [-0.25, -0.2) is 0 Å². The molecule has 1 aliphatic rings. The van der Waals surface area contributed by atoms with Crippen LogP contribution in [0.5, 0.6) is 0 Å².